The van der Waals surface area contributed by atoms with Gasteiger partial charge in [0.2, 0.25) is 0 Å². The molecule has 2 heterocycles. The zero-order chi connectivity index (χ0) is 11.2. The van der Waals surface area contributed by atoms with E-state index in [0.717, 1.165) is 16.9 Å². The zero-order valence-corrected chi connectivity index (χ0v) is 10.1. The first-order valence-electron chi connectivity index (χ1n) is 4.46. The number of aromatic nitrogens is 4. The molecule has 0 saturated carbocycles. The van der Waals surface area contributed by atoms with Crippen LogP contribution in [0.3, 0.4) is 0 Å². The Kier molecular flexibility index (Phi) is 2.44. The summed E-state index contributed by atoms with van der Waals surface area (Å²) in [5.41, 5.74) is 2.83. The third kappa shape index (κ3) is 1.61. The van der Waals surface area contributed by atoms with Crippen LogP contribution in [0.1, 0.15) is 5.69 Å². The molecule has 0 bridgehead atoms. The fourth-order valence-electron chi connectivity index (χ4n) is 1.69. The maximum Gasteiger partial charge on any atom is 0.179 e. The Morgan fingerprint density at radius 3 is 2.93 bits per heavy atom. The highest BCUT2D eigenvalue weighted by Gasteiger charge is 2.12. The molecular formula is C9H11ClN4S. The minimum atomic E-state index is 0.499. The fourth-order valence-corrected chi connectivity index (χ4v) is 2.06. The summed E-state index contributed by atoms with van der Waals surface area (Å²) in [6.45, 7) is 6.11. The van der Waals surface area contributed by atoms with Gasteiger partial charge in [-0.05, 0) is 19.1 Å². The average Bonchev–Trinajstić information content (AvgIpc) is 2.55. The number of nitrogens with zero attached hydrogens (tertiary/aromatic N) is 3. The number of H-pyrrole nitrogens is 1. The van der Waals surface area contributed by atoms with Crippen LogP contribution in [0.2, 0.25) is 0 Å². The molecule has 0 aromatic carbocycles. The molecule has 0 amide bonds. The number of aromatic amines is 1. The van der Waals surface area contributed by atoms with Gasteiger partial charge in [-0.2, -0.15) is 5.10 Å². The number of rotatable bonds is 2. The van der Waals surface area contributed by atoms with E-state index < -0.39 is 0 Å². The van der Waals surface area contributed by atoms with Crippen molar-refractivity contribution in [1.82, 2.24) is 19.3 Å². The molecule has 4 nitrogen and oxygen atoms in total. The second kappa shape index (κ2) is 3.50. The van der Waals surface area contributed by atoms with E-state index in [9.17, 15) is 0 Å². The van der Waals surface area contributed by atoms with Gasteiger partial charge in [0.05, 0.1) is 12.2 Å². The highest BCUT2D eigenvalue weighted by molar-refractivity contribution is 7.71. The van der Waals surface area contributed by atoms with Gasteiger partial charge in [-0.25, -0.2) is 0 Å². The molecule has 0 spiro atoms. The minimum absolute atomic E-state index is 0.499. The molecule has 0 aliphatic carbocycles. The van der Waals surface area contributed by atoms with Crippen LogP contribution in [0.4, 0.5) is 0 Å². The molecule has 0 aliphatic heterocycles. The summed E-state index contributed by atoms with van der Waals surface area (Å²) < 4.78 is 4.32. The fraction of sp³-hybridized carbons (Fsp3) is 0.333. The molecule has 1 N–H and O–H groups in total. The van der Waals surface area contributed by atoms with Crippen LogP contribution >= 0.6 is 23.8 Å². The molecule has 0 aliphatic rings. The van der Waals surface area contributed by atoms with Gasteiger partial charge >= 0.3 is 0 Å². The van der Waals surface area contributed by atoms with Gasteiger partial charge in [0, 0.05) is 12.1 Å². The van der Waals surface area contributed by atoms with Crippen molar-refractivity contribution in [2.45, 2.75) is 13.5 Å². The van der Waals surface area contributed by atoms with E-state index in [1.807, 2.05) is 18.5 Å². The van der Waals surface area contributed by atoms with Crippen LogP contribution in [-0.4, -0.2) is 19.3 Å². The average molecular weight is 243 g/mol. The summed E-state index contributed by atoms with van der Waals surface area (Å²) in [6.07, 6.45) is 0. The maximum atomic E-state index is 5.80. The van der Waals surface area contributed by atoms with Crippen LogP contribution in [0.15, 0.2) is 11.6 Å². The van der Waals surface area contributed by atoms with Gasteiger partial charge in [-0.1, -0.05) is 18.2 Å². The number of hydrogen-bond donors (Lipinski definition) is 1. The van der Waals surface area contributed by atoms with Crippen LogP contribution in [0, 0.1) is 11.7 Å². The minimum Gasteiger partial charge on any atom is -0.328 e. The zero-order valence-electron chi connectivity index (χ0n) is 8.54. The second-order valence-corrected chi connectivity index (χ2v) is 4.36. The van der Waals surface area contributed by atoms with Gasteiger partial charge in [-0.15, -0.1) is 0 Å². The molecule has 80 valence electrons. The van der Waals surface area contributed by atoms with Crippen LogP contribution in [0.5, 0.6) is 0 Å². The SMILES string of the molecule is C=C(Cl)Cn1c(=S)[nH]c2c(C)nn(C)c21. The Labute approximate surface area is 97.2 Å². The quantitative estimate of drug-likeness (QED) is 0.822. The predicted octanol–water partition coefficient (Wildman–Crippen LogP) is 2.49. The lowest BCUT2D eigenvalue weighted by molar-refractivity contribution is 0.719. The third-order valence-electron chi connectivity index (χ3n) is 2.25. The molecular weight excluding hydrogens is 232 g/mol. The maximum absolute atomic E-state index is 5.80. The summed E-state index contributed by atoms with van der Waals surface area (Å²) in [5, 5.41) is 4.85. The summed E-state index contributed by atoms with van der Waals surface area (Å²) >= 11 is 11.0. The van der Waals surface area contributed by atoms with Gasteiger partial charge in [0.1, 0.15) is 5.52 Å². The summed E-state index contributed by atoms with van der Waals surface area (Å²) in [5.74, 6) is 0. The third-order valence-corrected chi connectivity index (χ3v) is 2.70. The highest BCUT2D eigenvalue weighted by Crippen LogP contribution is 2.18. The first-order chi connectivity index (χ1) is 7.00. The molecule has 0 fully saturated rings. The second-order valence-electron chi connectivity index (χ2n) is 3.44. The molecule has 0 unspecified atom stereocenters. The lowest BCUT2D eigenvalue weighted by atomic mass is 10.4. The highest BCUT2D eigenvalue weighted by atomic mass is 35.5. The van der Waals surface area contributed by atoms with E-state index in [2.05, 4.69) is 16.7 Å². The van der Waals surface area contributed by atoms with E-state index in [1.54, 1.807) is 4.68 Å². The largest absolute Gasteiger partial charge is 0.328 e. The van der Waals surface area contributed by atoms with E-state index >= 15 is 0 Å². The van der Waals surface area contributed by atoms with Crippen LogP contribution in [0.25, 0.3) is 11.2 Å². The van der Waals surface area contributed by atoms with Gasteiger partial charge in [-0.3, -0.25) is 9.25 Å². The lowest BCUT2D eigenvalue weighted by Crippen LogP contribution is -2.02. The van der Waals surface area contributed by atoms with Crippen molar-refractivity contribution in [3.63, 3.8) is 0 Å². The Morgan fingerprint density at radius 1 is 1.67 bits per heavy atom. The Bertz CT molecular complexity index is 589. The number of halogens is 1. The predicted molar refractivity (Wildman–Crippen MR) is 63.6 cm³/mol. The molecule has 6 heteroatoms. The number of aryl methyl sites for hydroxylation is 2. The molecule has 15 heavy (non-hydrogen) atoms. The van der Waals surface area contributed by atoms with Gasteiger partial charge in [0.25, 0.3) is 0 Å². The van der Waals surface area contributed by atoms with Crippen molar-refractivity contribution >= 4 is 35.0 Å². The van der Waals surface area contributed by atoms with Gasteiger partial charge in [0.15, 0.2) is 10.4 Å². The standard InChI is InChI=1S/C9H11ClN4S/c1-5(10)4-14-8-7(11-9(14)15)6(2)12-13(8)3/h1,4H2,2-3H3,(H,11,15). The van der Waals surface area contributed by atoms with Crippen molar-refractivity contribution in [3.05, 3.63) is 22.1 Å². The van der Waals surface area contributed by atoms with Crippen molar-refractivity contribution in [3.8, 4) is 0 Å². The molecule has 0 atom stereocenters. The van der Waals surface area contributed by atoms with Crippen molar-refractivity contribution in [2.75, 3.05) is 0 Å². The molecule has 0 saturated heterocycles. The molecule has 2 rings (SSSR count). The summed E-state index contributed by atoms with van der Waals surface area (Å²) in [4.78, 5) is 3.12. The number of hydrogen-bond acceptors (Lipinski definition) is 2. The topological polar surface area (TPSA) is 38.5 Å². The van der Waals surface area contributed by atoms with E-state index in [4.69, 9.17) is 23.8 Å². The Hall–Kier alpha value is -1.07. The van der Waals surface area contributed by atoms with E-state index in [1.165, 1.54) is 0 Å². The summed E-state index contributed by atoms with van der Waals surface area (Å²) in [6, 6.07) is 0. The van der Waals surface area contributed by atoms with E-state index in [-0.39, 0.29) is 0 Å². The van der Waals surface area contributed by atoms with Gasteiger partial charge < -0.3 is 4.98 Å². The number of allylic oxidation sites excluding steroid dienone is 1. The Morgan fingerprint density at radius 2 is 2.33 bits per heavy atom. The summed E-state index contributed by atoms with van der Waals surface area (Å²) in [7, 11) is 1.88. The smallest absolute Gasteiger partial charge is 0.179 e. The van der Waals surface area contributed by atoms with Crippen molar-refractivity contribution in [1.29, 1.82) is 0 Å². The molecule has 0 radical (unpaired) electrons. The molecule has 2 aromatic rings. The normalized spacial score (nSPS) is 11.1. The van der Waals surface area contributed by atoms with E-state index in [0.29, 0.717) is 16.3 Å². The van der Waals surface area contributed by atoms with Crippen LogP contribution < -0.4 is 0 Å². The van der Waals surface area contributed by atoms with Crippen molar-refractivity contribution < 1.29 is 0 Å². The first-order valence-corrected chi connectivity index (χ1v) is 5.24. The molecule has 2 aromatic heterocycles. The monoisotopic (exact) mass is 242 g/mol. The lowest BCUT2D eigenvalue weighted by Gasteiger charge is -2.02. The van der Waals surface area contributed by atoms with Crippen molar-refractivity contribution in [2.24, 2.45) is 7.05 Å². The Balaban J connectivity index is 2.77. The first kappa shape index (κ1) is 10.4. The number of nitrogens with one attached hydrogen (secondary N) is 1. The number of imidazole rings is 1. The van der Waals surface area contributed by atoms with Crippen LogP contribution in [-0.2, 0) is 13.6 Å². The number of fused-ring (bicyclic) bond motifs is 1.